The summed E-state index contributed by atoms with van der Waals surface area (Å²) >= 11 is 5.80. The predicted octanol–water partition coefficient (Wildman–Crippen LogP) is 4.40. The molecule has 0 saturated carbocycles. The normalized spacial score (nSPS) is 9.83. The van der Waals surface area contributed by atoms with Gasteiger partial charge in [0.2, 0.25) is 0 Å². The molecule has 0 unspecified atom stereocenters. The Kier molecular flexibility index (Phi) is 3.86. The molecule has 3 heteroatoms. The molecule has 0 heterocycles. The Morgan fingerprint density at radius 2 is 1.94 bits per heavy atom. The second-order valence-electron chi connectivity index (χ2n) is 3.94. The van der Waals surface area contributed by atoms with Gasteiger partial charge in [0.15, 0.2) is 0 Å². The minimum absolute atomic E-state index is 0.441. The van der Waals surface area contributed by atoms with E-state index < -0.39 is 0 Å². The molecule has 0 fully saturated rings. The predicted molar refractivity (Wildman–Crippen MR) is 72.0 cm³/mol. The molecule has 0 aliphatic heterocycles. The largest absolute Gasteiger partial charge is 0.456 e. The topological polar surface area (TPSA) is 33.0 Å². The van der Waals surface area contributed by atoms with Crippen LogP contribution in [-0.2, 0) is 5.88 Å². The Bertz CT molecular complexity index is 602. The van der Waals surface area contributed by atoms with Crippen LogP contribution in [0, 0.1) is 18.3 Å². The van der Waals surface area contributed by atoms with Gasteiger partial charge in [-0.25, -0.2) is 0 Å². The van der Waals surface area contributed by atoms with Crippen molar-refractivity contribution >= 4 is 11.6 Å². The molecule has 90 valence electrons. The second-order valence-corrected chi connectivity index (χ2v) is 4.21. The van der Waals surface area contributed by atoms with Gasteiger partial charge in [-0.2, -0.15) is 5.26 Å². The van der Waals surface area contributed by atoms with Gasteiger partial charge in [0.1, 0.15) is 17.6 Å². The summed E-state index contributed by atoms with van der Waals surface area (Å²) in [6.07, 6.45) is 0. The molecule has 0 aromatic heterocycles. The maximum absolute atomic E-state index is 9.02. The van der Waals surface area contributed by atoms with E-state index >= 15 is 0 Å². The minimum Gasteiger partial charge on any atom is -0.456 e. The first kappa shape index (κ1) is 12.5. The van der Waals surface area contributed by atoms with E-state index in [1.54, 1.807) is 12.1 Å². The fourth-order valence-corrected chi connectivity index (χ4v) is 1.77. The Labute approximate surface area is 111 Å². The first-order chi connectivity index (χ1) is 8.74. The number of hydrogen-bond donors (Lipinski definition) is 0. The summed E-state index contributed by atoms with van der Waals surface area (Å²) in [5.41, 5.74) is 2.52. The van der Waals surface area contributed by atoms with Crippen molar-refractivity contribution < 1.29 is 4.74 Å². The monoisotopic (exact) mass is 257 g/mol. The average molecular weight is 258 g/mol. The number of halogens is 1. The van der Waals surface area contributed by atoms with Crippen molar-refractivity contribution in [2.45, 2.75) is 12.8 Å². The van der Waals surface area contributed by atoms with E-state index in [9.17, 15) is 0 Å². The number of hydrogen-bond acceptors (Lipinski definition) is 2. The van der Waals surface area contributed by atoms with Crippen molar-refractivity contribution in [3.8, 4) is 17.6 Å². The molecule has 18 heavy (non-hydrogen) atoms. The van der Waals surface area contributed by atoms with Gasteiger partial charge in [-0.1, -0.05) is 24.3 Å². The lowest BCUT2D eigenvalue weighted by Gasteiger charge is -2.10. The van der Waals surface area contributed by atoms with Crippen LogP contribution in [-0.4, -0.2) is 0 Å². The standard InChI is InChI=1S/C15H12ClNO/c1-11-6-7-12(9-16)8-15(11)18-14-5-3-2-4-13(14)10-17/h2-8H,9H2,1H3. The summed E-state index contributed by atoms with van der Waals surface area (Å²) in [6.45, 7) is 1.96. The van der Waals surface area contributed by atoms with Crippen LogP contribution in [0.15, 0.2) is 42.5 Å². The Hall–Kier alpha value is -1.98. The third kappa shape index (κ3) is 2.64. The highest BCUT2D eigenvalue weighted by Crippen LogP contribution is 2.28. The van der Waals surface area contributed by atoms with E-state index in [1.165, 1.54) is 0 Å². The molecule has 2 nitrogen and oxygen atoms in total. The van der Waals surface area contributed by atoms with Gasteiger partial charge in [-0.15, -0.1) is 11.6 Å². The van der Waals surface area contributed by atoms with Crippen molar-refractivity contribution in [3.63, 3.8) is 0 Å². The zero-order chi connectivity index (χ0) is 13.0. The number of aryl methyl sites for hydroxylation is 1. The lowest BCUT2D eigenvalue weighted by Crippen LogP contribution is -1.91. The zero-order valence-corrected chi connectivity index (χ0v) is 10.7. The highest BCUT2D eigenvalue weighted by atomic mass is 35.5. The van der Waals surface area contributed by atoms with E-state index in [-0.39, 0.29) is 0 Å². The average Bonchev–Trinajstić information content (AvgIpc) is 2.42. The molecular formula is C15H12ClNO. The molecule has 0 radical (unpaired) electrons. The van der Waals surface area contributed by atoms with E-state index in [0.29, 0.717) is 17.2 Å². The van der Waals surface area contributed by atoms with Crippen LogP contribution in [0.4, 0.5) is 0 Å². The molecule has 2 rings (SSSR count). The smallest absolute Gasteiger partial charge is 0.145 e. The maximum Gasteiger partial charge on any atom is 0.145 e. The Morgan fingerprint density at radius 3 is 2.67 bits per heavy atom. The van der Waals surface area contributed by atoms with Crippen LogP contribution in [0.25, 0.3) is 0 Å². The molecule has 0 bridgehead atoms. The molecule has 0 saturated heterocycles. The van der Waals surface area contributed by atoms with Crippen molar-refractivity contribution in [2.75, 3.05) is 0 Å². The molecule has 0 atom stereocenters. The minimum atomic E-state index is 0.441. The van der Waals surface area contributed by atoms with Crippen LogP contribution >= 0.6 is 11.6 Å². The SMILES string of the molecule is Cc1ccc(CCl)cc1Oc1ccccc1C#N. The van der Waals surface area contributed by atoms with Crippen molar-refractivity contribution in [2.24, 2.45) is 0 Å². The fraction of sp³-hybridized carbons (Fsp3) is 0.133. The summed E-state index contributed by atoms with van der Waals surface area (Å²) in [4.78, 5) is 0. The molecule has 2 aromatic carbocycles. The molecule has 0 N–H and O–H groups in total. The summed E-state index contributed by atoms with van der Waals surface area (Å²) in [6, 6.07) is 15.1. The fourth-order valence-electron chi connectivity index (χ4n) is 1.60. The van der Waals surface area contributed by atoms with Gasteiger partial charge >= 0.3 is 0 Å². The van der Waals surface area contributed by atoms with Crippen LogP contribution in [0.5, 0.6) is 11.5 Å². The van der Waals surface area contributed by atoms with Gasteiger partial charge in [-0.3, -0.25) is 0 Å². The van der Waals surface area contributed by atoms with E-state index in [1.807, 2.05) is 37.3 Å². The van der Waals surface area contributed by atoms with Gasteiger partial charge in [0.05, 0.1) is 5.56 Å². The van der Waals surface area contributed by atoms with Crippen molar-refractivity contribution in [3.05, 3.63) is 59.2 Å². The molecular weight excluding hydrogens is 246 g/mol. The van der Waals surface area contributed by atoms with Gasteiger partial charge in [-0.05, 0) is 36.2 Å². The highest BCUT2D eigenvalue weighted by Gasteiger charge is 2.06. The first-order valence-electron chi connectivity index (χ1n) is 5.57. The van der Waals surface area contributed by atoms with Crippen molar-refractivity contribution in [1.29, 1.82) is 5.26 Å². The molecule has 0 amide bonds. The molecule has 0 spiro atoms. The lowest BCUT2D eigenvalue weighted by molar-refractivity contribution is 0.477. The maximum atomic E-state index is 9.02. The van der Waals surface area contributed by atoms with Crippen LogP contribution < -0.4 is 4.74 Å². The molecule has 2 aromatic rings. The highest BCUT2D eigenvalue weighted by molar-refractivity contribution is 6.17. The van der Waals surface area contributed by atoms with Crippen molar-refractivity contribution in [1.82, 2.24) is 0 Å². The Balaban J connectivity index is 2.37. The molecule has 0 aliphatic carbocycles. The number of nitrogens with zero attached hydrogens (tertiary/aromatic N) is 1. The summed E-state index contributed by atoms with van der Waals surface area (Å²) in [5, 5.41) is 9.02. The van der Waals surface area contributed by atoms with Crippen LogP contribution in [0.1, 0.15) is 16.7 Å². The Morgan fingerprint density at radius 1 is 1.17 bits per heavy atom. The van der Waals surface area contributed by atoms with Gasteiger partial charge in [0.25, 0.3) is 0 Å². The third-order valence-electron chi connectivity index (χ3n) is 2.63. The number of para-hydroxylation sites is 1. The number of rotatable bonds is 3. The van der Waals surface area contributed by atoms with Gasteiger partial charge < -0.3 is 4.74 Å². The summed E-state index contributed by atoms with van der Waals surface area (Å²) in [7, 11) is 0. The van der Waals surface area contributed by atoms with Crippen LogP contribution in [0.2, 0.25) is 0 Å². The quantitative estimate of drug-likeness (QED) is 0.764. The van der Waals surface area contributed by atoms with E-state index in [4.69, 9.17) is 21.6 Å². The summed E-state index contributed by atoms with van der Waals surface area (Å²) < 4.78 is 5.79. The van der Waals surface area contributed by atoms with Gasteiger partial charge in [0, 0.05) is 5.88 Å². The van der Waals surface area contributed by atoms with E-state index in [0.717, 1.165) is 16.9 Å². The number of alkyl halides is 1. The number of ether oxygens (including phenoxy) is 1. The summed E-state index contributed by atoms with van der Waals surface area (Å²) in [5.74, 6) is 1.74. The van der Waals surface area contributed by atoms with E-state index in [2.05, 4.69) is 6.07 Å². The first-order valence-corrected chi connectivity index (χ1v) is 6.10. The number of nitriles is 1. The zero-order valence-electron chi connectivity index (χ0n) is 9.98. The number of benzene rings is 2. The molecule has 0 aliphatic rings. The van der Waals surface area contributed by atoms with Crippen LogP contribution in [0.3, 0.4) is 0 Å². The lowest BCUT2D eigenvalue weighted by atomic mass is 10.1. The third-order valence-corrected chi connectivity index (χ3v) is 2.94. The second kappa shape index (κ2) is 5.57.